The first-order valence-electron chi connectivity index (χ1n) is 21.4. The highest BCUT2D eigenvalue weighted by molar-refractivity contribution is 5.81. The number of carboxylic acids is 1. The molecule has 6 aliphatic rings. The number of amides is 1. The van der Waals surface area contributed by atoms with E-state index in [0.29, 0.717) is 17.8 Å². The molecule has 0 spiro atoms. The van der Waals surface area contributed by atoms with Gasteiger partial charge in [-0.1, -0.05) is 91.7 Å². The van der Waals surface area contributed by atoms with E-state index in [2.05, 4.69) is 79.7 Å². The van der Waals surface area contributed by atoms with E-state index in [1.165, 1.54) is 34.2 Å². The minimum Gasteiger partial charge on any atom is -0.504 e. The number of primary amides is 1. The van der Waals surface area contributed by atoms with E-state index in [0.717, 1.165) is 88.2 Å². The zero-order chi connectivity index (χ0) is 40.3. The molecule has 9 unspecified atom stereocenters. The molecule has 2 aromatic rings. The van der Waals surface area contributed by atoms with Crippen LogP contribution in [0, 0.1) is 45.8 Å². The molecule has 9 atom stereocenters. The van der Waals surface area contributed by atoms with E-state index in [1.807, 2.05) is 19.9 Å². The van der Waals surface area contributed by atoms with Crippen LogP contribution in [0.5, 0.6) is 11.5 Å². The average Bonchev–Trinajstić information content (AvgIpc) is 3.12. The van der Waals surface area contributed by atoms with Crippen molar-refractivity contribution >= 4 is 11.9 Å². The Morgan fingerprint density at radius 3 is 2.18 bits per heavy atom. The number of benzene rings is 2. The van der Waals surface area contributed by atoms with Gasteiger partial charge >= 0.3 is 5.97 Å². The topological polar surface area (TPSA) is 121 Å². The lowest BCUT2D eigenvalue weighted by molar-refractivity contribution is -0.177. The number of phenolic OH excluding ortho intramolecular Hbond substituents is 2. The Morgan fingerprint density at radius 1 is 0.836 bits per heavy atom. The molecule has 6 nitrogen and oxygen atoms in total. The van der Waals surface area contributed by atoms with E-state index < -0.39 is 11.4 Å². The number of fused-ring (bicyclic) bond motifs is 10. The summed E-state index contributed by atoms with van der Waals surface area (Å²) in [4.78, 5) is 24.4. The van der Waals surface area contributed by atoms with Crippen molar-refractivity contribution in [1.29, 1.82) is 0 Å². The Kier molecular flexibility index (Phi) is 9.34. The van der Waals surface area contributed by atoms with Crippen molar-refractivity contribution in [3.8, 4) is 11.5 Å². The number of carbonyl (C=O) groups excluding carboxylic acids is 1. The summed E-state index contributed by atoms with van der Waals surface area (Å²) in [7, 11) is 0. The van der Waals surface area contributed by atoms with Crippen LogP contribution in [0.3, 0.4) is 0 Å². The van der Waals surface area contributed by atoms with Gasteiger partial charge in [-0.2, -0.15) is 0 Å². The number of aliphatic carboxylic acids is 1. The number of nitrogens with two attached hydrogens (primary N) is 1. The largest absolute Gasteiger partial charge is 0.504 e. The SMILES string of the molecule is CC(C)c1ccc2c(c1)CCC1C(C)(C(N)=O)CCCC21C.Cc1c(O)c(O)cc2c1CC=C1C2(C)CCC2(C)C3CC(C)(C(=O)O)CCC3(C)CCC12C. The number of rotatable bonds is 3. The van der Waals surface area contributed by atoms with Crippen LogP contribution >= 0.6 is 0 Å². The van der Waals surface area contributed by atoms with Gasteiger partial charge in [-0.3, -0.25) is 9.59 Å². The van der Waals surface area contributed by atoms with Gasteiger partial charge in [0.05, 0.1) is 5.41 Å². The molecule has 2 aromatic carbocycles. The first kappa shape index (κ1) is 39.9. The summed E-state index contributed by atoms with van der Waals surface area (Å²) in [5.74, 6) is 0.558. The van der Waals surface area contributed by atoms with Crippen LogP contribution in [-0.4, -0.2) is 27.2 Å². The van der Waals surface area contributed by atoms with Gasteiger partial charge in [-0.05, 0) is 170 Å². The van der Waals surface area contributed by atoms with Crippen molar-refractivity contribution in [2.45, 2.75) is 169 Å². The Balaban J connectivity index is 0.000000184. The van der Waals surface area contributed by atoms with Crippen LogP contribution in [0.25, 0.3) is 0 Å². The van der Waals surface area contributed by atoms with Crippen molar-refractivity contribution in [1.82, 2.24) is 0 Å². The number of allylic oxidation sites excluding steroid dienone is 2. The minimum absolute atomic E-state index is 0.00431. The smallest absolute Gasteiger partial charge is 0.309 e. The monoisotopic (exact) mass is 752 g/mol. The molecule has 0 radical (unpaired) electrons. The molecular weight excluding hydrogens is 683 g/mol. The van der Waals surface area contributed by atoms with Crippen LogP contribution in [0.2, 0.25) is 0 Å². The molecule has 5 N–H and O–H groups in total. The van der Waals surface area contributed by atoms with Crippen molar-refractivity contribution in [2.75, 3.05) is 0 Å². The summed E-state index contributed by atoms with van der Waals surface area (Å²) in [5, 5.41) is 30.9. The van der Waals surface area contributed by atoms with Crippen molar-refractivity contribution in [3.63, 3.8) is 0 Å². The summed E-state index contributed by atoms with van der Waals surface area (Å²) in [6, 6.07) is 8.83. The highest BCUT2D eigenvalue weighted by Gasteiger charge is 2.67. The molecule has 1 amide bonds. The van der Waals surface area contributed by atoms with E-state index in [-0.39, 0.29) is 49.9 Å². The summed E-state index contributed by atoms with van der Waals surface area (Å²) >= 11 is 0. The molecule has 4 fully saturated rings. The molecule has 0 bridgehead atoms. The van der Waals surface area contributed by atoms with Gasteiger partial charge in [0.1, 0.15) is 0 Å². The summed E-state index contributed by atoms with van der Waals surface area (Å²) < 4.78 is 0. The number of carboxylic acid groups (broad SMARTS) is 1. The van der Waals surface area contributed by atoms with Crippen molar-refractivity contribution in [2.24, 2.45) is 44.6 Å². The predicted molar refractivity (Wildman–Crippen MR) is 220 cm³/mol. The number of aromatic hydroxyl groups is 2. The molecule has 0 saturated heterocycles. The lowest BCUT2D eigenvalue weighted by Gasteiger charge is -2.69. The van der Waals surface area contributed by atoms with Gasteiger partial charge in [-0.25, -0.2) is 0 Å². The van der Waals surface area contributed by atoms with Gasteiger partial charge in [0, 0.05) is 10.8 Å². The first-order chi connectivity index (χ1) is 25.5. The van der Waals surface area contributed by atoms with E-state index in [4.69, 9.17) is 5.73 Å². The third kappa shape index (κ3) is 5.59. The maximum atomic E-state index is 12.3. The quantitative estimate of drug-likeness (QED) is 0.184. The number of hydrogen-bond acceptors (Lipinski definition) is 4. The Labute approximate surface area is 330 Å². The van der Waals surface area contributed by atoms with Crippen molar-refractivity contribution in [3.05, 3.63) is 69.3 Å². The van der Waals surface area contributed by atoms with Crippen LogP contribution in [0.4, 0.5) is 0 Å². The van der Waals surface area contributed by atoms with Gasteiger partial charge in [0.25, 0.3) is 0 Å². The summed E-state index contributed by atoms with van der Waals surface area (Å²) in [6.45, 7) is 22.5. The molecule has 55 heavy (non-hydrogen) atoms. The molecule has 0 aliphatic heterocycles. The summed E-state index contributed by atoms with van der Waals surface area (Å²) in [6.07, 6.45) is 15.4. The number of aryl methyl sites for hydroxylation is 1. The highest BCUT2D eigenvalue weighted by Crippen LogP contribution is 2.74. The van der Waals surface area contributed by atoms with Crippen LogP contribution in [0.1, 0.15) is 172 Å². The lowest BCUT2D eigenvalue weighted by atomic mass is 9.34. The number of phenols is 2. The van der Waals surface area contributed by atoms with Gasteiger partial charge in [0.15, 0.2) is 11.5 Å². The lowest BCUT2D eigenvalue weighted by Crippen LogP contribution is -2.62. The maximum Gasteiger partial charge on any atom is 0.309 e. The zero-order valence-corrected chi connectivity index (χ0v) is 35.5. The second kappa shape index (κ2) is 12.9. The minimum atomic E-state index is -0.641. The Morgan fingerprint density at radius 2 is 1.53 bits per heavy atom. The number of hydrogen-bond donors (Lipinski definition) is 4. The predicted octanol–water partition coefficient (Wildman–Crippen LogP) is 10.9. The molecular formula is C49H69NO5. The fourth-order valence-corrected chi connectivity index (χ4v) is 14.1. The van der Waals surface area contributed by atoms with Crippen LogP contribution < -0.4 is 5.73 Å². The van der Waals surface area contributed by atoms with E-state index in [1.54, 1.807) is 0 Å². The summed E-state index contributed by atoms with van der Waals surface area (Å²) in [5.41, 5.74) is 14.0. The van der Waals surface area contributed by atoms with Gasteiger partial charge in [0.2, 0.25) is 5.91 Å². The normalized spacial score (nSPS) is 40.1. The highest BCUT2D eigenvalue weighted by atomic mass is 16.4. The molecule has 0 aromatic heterocycles. The average molecular weight is 752 g/mol. The second-order valence-electron chi connectivity index (χ2n) is 21.3. The Bertz CT molecular complexity index is 1960. The third-order valence-electron chi connectivity index (χ3n) is 18.2. The Hall–Kier alpha value is -3.28. The van der Waals surface area contributed by atoms with Crippen LogP contribution in [0.15, 0.2) is 35.9 Å². The van der Waals surface area contributed by atoms with Crippen molar-refractivity contribution < 1.29 is 24.9 Å². The van der Waals surface area contributed by atoms with Gasteiger partial charge in [-0.15, -0.1) is 0 Å². The zero-order valence-electron chi connectivity index (χ0n) is 35.5. The molecule has 6 aliphatic carbocycles. The second-order valence-corrected chi connectivity index (χ2v) is 21.3. The van der Waals surface area contributed by atoms with E-state index in [9.17, 15) is 24.9 Å². The molecule has 8 rings (SSSR count). The van der Waals surface area contributed by atoms with Crippen LogP contribution in [-0.2, 0) is 33.3 Å². The molecule has 300 valence electrons. The molecule has 0 heterocycles. The molecule has 4 saturated carbocycles. The fraction of sp³-hybridized carbons (Fsp3) is 0.673. The fourth-order valence-electron chi connectivity index (χ4n) is 14.1. The van der Waals surface area contributed by atoms with E-state index >= 15 is 0 Å². The third-order valence-corrected chi connectivity index (χ3v) is 18.2. The first-order valence-corrected chi connectivity index (χ1v) is 21.4. The van der Waals surface area contributed by atoms with Gasteiger partial charge < -0.3 is 21.1 Å². The molecule has 6 heteroatoms. The standard InChI is InChI=1S/C29H40O4.C20H29NO/c1-17-18-7-8-21-27(4,19(18)15-20(30)23(17)31)12-14-29(6)22-16-26(3,24(32)33)10-9-25(22,2)11-13-28(21,29)5;1-13(2)14-6-8-16-15(12-14)7-9-17-19(16,3)10-5-11-20(17,4)18(21)22/h8,15,22,30-31H,7,9-14,16H2,1-6H3,(H,32,33);6,8,12-13,17H,5,7,9-11H2,1-4H3,(H2,21,22). The maximum absolute atomic E-state index is 12.3. The number of carbonyl (C=O) groups is 2.